The van der Waals surface area contributed by atoms with Crippen LogP contribution in [-0.2, 0) is 4.79 Å². The Labute approximate surface area is 120 Å². The van der Waals surface area contributed by atoms with E-state index >= 15 is 0 Å². The van der Waals surface area contributed by atoms with E-state index in [-0.39, 0.29) is 12.2 Å². The number of hydrogen-bond acceptors (Lipinski definition) is 3. The minimum atomic E-state index is -1.03. The largest absolute Gasteiger partial charge is 0.481 e. The average molecular weight is 294 g/mol. The van der Waals surface area contributed by atoms with Crippen LogP contribution in [0.1, 0.15) is 28.6 Å². The van der Waals surface area contributed by atoms with Crippen LogP contribution in [0, 0.1) is 0 Å². The Morgan fingerprint density at radius 3 is 2.60 bits per heavy atom. The van der Waals surface area contributed by atoms with E-state index in [2.05, 4.69) is 5.32 Å². The lowest BCUT2D eigenvalue weighted by molar-refractivity contribution is -0.137. The molecule has 6 heteroatoms. The van der Waals surface area contributed by atoms with Crippen LogP contribution in [0.4, 0.5) is 0 Å². The van der Waals surface area contributed by atoms with E-state index in [0.29, 0.717) is 10.6 Å². The first-order chi connectivity index (χ1) is 9.58. The first-order valence-electron chi connectivity index (χ1n) is 5.88. The van der Waals surface area contributed by atoms with E-state index in [1.165, 1.54) is 12.3 Å². The van der Waals surface area contributed by atoms with Gasteiger partial charge in [-0.3, -0.25) is 9.59 Å². The number of halogens is 1. The highest BCUT2D eigenvalue weighted by atomic mass is 35.5. The minimum Gasteiger partial charge on any atom is -0.481 e. The van der Waals surface area contributed by atoms with Gasteiger partial charge in [-0.1, -0.05) is 29.8 Å². The highest BCUT2D eigenvalue weighted by Gasteiger charge is 2.21. The van der Waals surface area contributed by atoms with Gasteiger partial charge in [0.1, 0.15) is 0 Å². The van der Waals surface area contributed by atoms with Crippen LogP contribution >= 0.6 is 11.6 Å². The standard InChI is InChI=1S/C14H12ClNO4/c15-10-5-2-1-4-9(10)11(8-13(17)18)16-14(19)12-6-3-7-20-12/h1-7,11H,8H2,(H,16,19)(H,17,18). The summed E-state index contributed by atoms with van der Waals surface area (Å²) in [4.78, 5) is 22.9. The van der Waals surface area contributed by atoms with E-state index in [9.17, 15) is 9.59 Å². The smallest absolute Gasteiger partial charge is 0.305 e. The highest BCUT2D eigenvalue weighted by Crippen LogP contribution is 2.25. The molecule has 1 heterocycles. The monoisotopic (exact) mass is 293 g/mol. The van der Waals surface area contributed by atoms with Crippen LogP contribution in [-0.4, -0.2) is 17.0 Å². The zero-order chi connectivity index (χ0) is 14.5. The third-order valence-corrected chi connectivity index (χ3v) is 3.05. The van der Waals surface area contributed by atoms with Crippen LogP contribution in [0.15, 0.2) is 47.1 Å². The molecule has 1 aromatic carbocycles. The van der Waals surface area contributed by atoms with Crippen LogP contribution < -0.4 is 5.32 Å². The van der Waals surface area contributed by atoms with E-state index in [0.717, 1.165) is 0 Å². The Kier molecular flexibility index (Phi) is 4.42. The van der Waals surface area contributed by atoms with Crippen LogP contribution in [0.5, 0.6) is 0 Å². The minimum absolute atomic E-state index is 0.118. The molecule has 1 atom stereocenters. The molecule has 2 aromatic rings. The number of furan rings is 1. The van der Waals surface area contributed by atoms with E-state index in [1.54, 1.807) is 30.3 Å². The van der Waals surface area contributed by atoms with E-state index in [4.69, 9.17) is 21.1 Å². The number of rotatable bonds is 5. The van der Waals surface area contributed by atoms with Gasteiger partial charge in [0.25, 0.3) is 5.91 Å². The van der Waals surface area contributed by atoms with Crippen molar-refractivity contribution in [2.45, 2.75) is 12.5 Å². The van der Waals surface area contributed by atoms with Crippen molar-refractivity contribution in [3.05, 3.63) is 59.0 Å². The van der Waals surface area contributed by atoms with Gasteiger partial charge in [-0.15, -0.1) is 0 Å². The fourth-order valence-corrected chi connectivity index (χ4v) is 2.08. The van der Waals surface area contributed by atoms with Gasteiger partial charge in [-0.25, -0.2) is 0 Å². The molecule has 5 nitrogen and oxygen atoms in total. The summed E-state index contributed by atoms with van der Waals surface area (Å²) in [6.07, 6.45) is 1.10. The normalized spacial score (nSPS) is 11.8. The Bertz CT molecular complexity index is 609. The molecule has 0 radical (unpaired) electrons. The van der Waals surface area contributed by atoms with Crippen molar-refractivity contribution in [1.82, 2.24) is 5.32 Å². The molecule has 1 amide bonds. The third kappa shape index (κ3) is 3.39. The Morgan fingerprint density at radius 2 is 2.00 bits per heavy atom. The first kappa shape index (κ1) is 14.1. The Morgan fingerprint density at radius 1 is 1.25 bits per heavy atom. The number of carbonyl (C=O) groups is 2. The number of benzene rings is 1. The van der Waals surface area contributed by atoms with Crippen molar-refractivity contribution in [2.75, 3.05) is 0 Å². The van der Waals surface area contributed by atoms with Gasteiger partial charge in [0, 0.05) is 5.02 Å². The van der Waals surface area contributed by atoms with Crippen LogP contribution in [0.3, 0.4) is 0 Å². The summed E-state index contributed by atoms with van der Waals surface area (Å²) in [7, 11) is 0. The van der Waals surface area contributed by atoms with Gasteiger partial charge in [0.2, 0.25) is 0 Å². The second-order valence-corrected chi connectivity index (χ2v) is 4.53. The van der Waals surface area contributed by atoms with Crippen molar-refractivity contribution in [3.8, 4) is 0 Å². The Hall–Kier alpha value is -2.27. The average Bonchev–Trinajstić information content (AvgIpc) is 2.92. The molecule has 104 valence electrons. The van der Waals surface area contributed by atoms with Crippen molar-refractivity contribution >= 4 is 23.5 Å². The molecule has 2 rings (SSSR count). The second-order valence-electron chi connectivity index (χ2n) is 4.12. The van der Waals surface area contributed by atoms with Crippen molar-refractivity contribution in [2.24, 2.45) is 0 Å². The van der Waals surface area contributed by atoms with Crippen molar-refractivity contribution < 1.29 is 19.1 Å². The van der Waals surface area contributed by atoms with Crippen molar-refractivity contribution in [3.63, 3.8) is 0 Å². The molecule has 0 saturated carbocycles. The van der Waals surface area contributed by atoms with Crippen molar-refractivity contribution in [1.29, 1.82) is 0 Å². The number of carboxylic acid groups (broad SMARTS) is 1. The molecular formula is C14H12ClNO4. The molecule has 0 spiro atoms. The summed E-state index contributed by atoms with van der Waals surface area (Å²) in [5.74, 6) is -1.40. The zero-order valence-corrected chi connectivity index (χ0v) is 11.1. The molecule has 0 aliphatic carbocycles. The molecule has 0 saturated heterocycles. The predicted molar refractivity (Wildman–Crippen MR) is 72.6 cm³/mol. The predicted octanol–water partition coefficient (Wildman–Crippen LogP) is 2.88. The number of carbonyl (C=O) groups excluding carboxylic acids is 1. The lowest BCUT2D eigenvalue weighted by Gasteiger charge is -2.17. The maximum Gasteiger partial charge on any atom is 0.305 e. The maximum absolute atomic E-state index is 11.9. The summed E-state index contributed by atoms with van der Waals surface area (Å²) >= 11 is 6.04. The second kappa shape index (κ2) is 6.25. The molecular weight excluding hydrogens is 282 g/mol. The summed E-state index contributed by atoms with van der Waals surface area (Å²) in [6, 6.07) is 9.14. The van der Waals surface area contributed by atoms with E-state index < -0.39 is 17.9 Å². The third-order valence-electron chi connectivity index (χ3n) is 2.71. The molecule has 20 heavy (non-hydrogen) atoms. The molecule has 0 fully saturated rings. The summed E-state index contributed by atoms with van der Waals surface area (Å²) < 4.78 is 4.97. The SMILES string of the molecule is O=C(O)CC(NC(=O)c1ccco1)c1ccccc1Cl. The van der Waals surface area contributed by atoms with Gasteiger partial charge in [-0.05, 0) is 23.8 Å². The van der Waals surface area contributed by atoms with Gasteiger partial charge < -0.3 is 14.8 Å². The number of carboxylic acids is 1. The lowest BCUT2D eigenvalue weighted by Crippen LogP contribution is -2.30. The molecule has 0 aliphatic rings. The van der Waals surface area contributed by atoms with E-state index in [1.807, 2.05) is 0 Å². The fourth-order valence-electron chi connectivity index (χ4n) is 1.81. The van der Waals surface area contributed by atoms with Gasteiger partial charge >= 0.3 is 5.97 Å². The number of aliphatic carboxylic acids is 1. The highest BCUT2D eigenvalue weighted by molar-refractivity contribution is 6.31. The lowest BCUT2D eigenvalue weighted by atomic mass is 10.0. The number of hydrogen-bond donors (Lipinski definition) is 2. The quantitative estimate of drug-likeness (QED) is 0.888. The fraction of sp³-hybridized carbons (Fsp3) is 0.143. The van der Waals surface area contributed by atoms with Crippen LogP contribution in [0.2, 0.25) is 5.02 Å². The summed E-state index contributed by atoms with van der Waals surface area (Å²) in [5.41, 5.74) is 0.552. The molecule has 0 aliphatic heterocycles. The number of nitrogens with one attached hydrogen (secondary N) is 1. The first-order valence-corrected chi connectivity index (χ1v) is 6.26. The van der Waals surface area contributed by atoms with Gasteiger partial charge in [-0.2, -0.15) is 0 Å². The Balaban J connectivity index is 2.22. The maximum atomic E-state index is 11.9. The van der Waals surface area contributed by atoms with Gasteiger partial charge in [0.15, 0.2) is 5.76 Å². The molecule has 1 aromatic heterocycles. The number of amides is 1. The topological polar surface area (TPSA) is 79.5 Å². The molecule has 2 N–H and O–H groups in total. The van der Waals surface area contributed by atoms with Crippen LogP contribution in [0.25, 0.3) is 0 Å². The molecule has 0 bridgehead atoms. The molecule has 1 unspecified atom stereocenters. The zero-order valence-electron chi connectivity index (χ0n) is 10.4. The summed E-state index contributed by atoms with van der Waals surface area (Å²) in [5, 5.41) is 12.0. The summed E-state index contributed by atoms with van der Waals surface area (Å²) in [6.45, 7) is 0. The van der Waals surface area contributed by atoms with Gasteiger partial charge in [0.05, 0.1) is 18.7 Å².